The molecule has 1 atom stereocenters. The lowest BCUT2D eigenvalue weighted by Gasteiger charge is -2.33. The van der Waals surface area contributed by atoms with Crippen molar-refractivity contribution < 1.29 is 9.50 Å². The Hall–Kier alpha value is -0.970. The number of nitrogens with zero attached hydrogens (tertiary/aromatic N) is 1. The number of nitrogens with one attached hydrogen (secondary N) is 1. The summed E-state index contributed by atoms with van der Waals surface area (Å²) in [5, 5.41) is 12.5. The van der Waals surface area contributed by atoms with E-state index in [0.717, 1.165) is 39.0 Å². The Morgan fingerprint density at radius 1 is 1.27 bits per heavy atom. The van der Waals surface area contributed by atoms with E-state index in [1.54, 1.807) is 12.1 Å². The van der Waals surface area contributed by atoms with Gasteiger partial charge in [0.2, 0.25) is 0 Å². The summed E-state index contributed by atoms with van der Waals surface area (Å²) in [6, 6.07) is 7.46. The van der Waals surface area contributed by atoms with Crippen LogP contribution in [0.4, 0.5) is 4.39 Å². The minimum atomic E-state index is -0.161. The SMILES string of the molecule is CC(CCO)CNC1CCN(CCc2ccc(F)cc2)CC1. The van der Waals surface area contributed by atoms with Crippen LogP contribution in [0.2, 0.25) is 0 Å². The van der Waals surface area contributed by atoms with Crippen LogP contribution in [0, 0.1) is 11.7 Å². The number of halogens is 1. The van der Waals surface area contributed by atoms with Crippen molar-refractivity contribution in [2.75, 3.05) is 32.8 Å². The summed E-state index contributed by atoms with van der Waals surface area (Å²) in [6.45, 7) is 6.78. The van der Waals surface area contributed by atoms with E-state index in [4.69, 9.17) is 5.11 Å². The van der Waals surface area contributed by atoms with Crippen LogP contribution in [0.1, 0.15) is 31.7 Å². The molecule has 1 fully saturated rings. The highest BCUT2D eigenvalue weighted by atomic mass is 19.1. The quantitative estimate of drug-likeness (QED) is 0.774. The molecular formula is C18H29FN2O. The van der Waals surface area contributed by atoms with Gasteiger partial charge < -0.3 is 15.3 Å². The van der Waals surface area contributed by atoms with Gasteiger partial charge in [-0.15, -0.1) is 0 Å². The lowest BCUT2D eigenvalue weighted by atomic mass is 10.0. The van der Waals surface area contributed by atoms with Crippen molar-refractivity contribution in [2.45, 2.75) is 38.6 Å². The van der Waals surface area contributed by atoms with E-state index in [9.17, 15) is 4.39 Å². The van der Waals surface area contributed by atoms with E-state index in [-0.39, 0.29) is 12.4 Å². The fourth-order valence-electron chi connectivity index (χ4n) is 2.99. The highest BCUT2D eigenvalue weighted by Crippen LogP contribution is 2.12. The maximum Gasteiger partial charge on any atom is 0.123 e. The predicted octanol–water partition coefficient (Wildman–Crippen LogP) is 2.44. The zero-order chi connectivity index (χ0) is 15.8. The third kappa shape index (κ3) is 6.03. The molecule has 4 heteroatoms. The largest absolute Gasteiger partial charge is 0.396 e. The van der Waals surface area contributed by atoms with Gasteiger partial charge in [0, 0.05) is 19.2 Å². The fourth-order valence-corrected chi connectivity index (χ4v) is 2.99. The molecule has 1 heterocycles. The first-order valence-electron chi connectivity index (χ1n) is 8.48. The van der Waals surface area contributed by atoms with Gasteiger partial charge in [0.25, 0.3) is 0 Å². The third-order valence-electron chi connectivity index (χ3n) is 4.59. The minimum absolute atomic E-state index is 0.161. The number of likely N-dealkylation sites (tertiary alicyclic amines) is 1. The summed E-state index contributed by atoms with van der Waals surface area (Å²) in [5.74, 6) is 0.382. The number of benzene rings is 1. The van der Waals surface area contributed by atoms with Crippen molar-refractivity contribution in [3.63, 3.8) is 0 Å². The highest BCUT2D eigenvalue weighted by molar-refractivity contribution is 5.16. The second kappa shape index (κ2) is 9.23. The van der Waals surface area contributed by atoms with Crippen LogP contribution in [-0.2, 0) is 6.42 Å². The minimum Gasteiger partial charge on any atom is -0.396 e. The number of aliphatic hydroxyl groups excluding tert-OH is 1. The van der Waals surface area contributed by atoms with Gasteiger partial charge in [0.1, 0.15) is 5.82 Å². The van der Waals surface area contributed by atoms with Crippen molar-refractivity contribution in [3.05, 3.63) is 35.6 Å². The van der Waals surface area contributed by atoms with E-state index in [1.807, 2.05) is 12.1 Å². The molecule has 1 unspecified atom stereocenters. The van der Waals surface area contributed by atoms with Crippen LogP contribution in [0.25, 0.3) is 0 Å². The molecule has 1 aromatic carbocycles. The first kappa shape index (κ1) is 17.4. The molecule has 2 N–H and O–H groups in total. The van der Waals surface area contributed by atoms with E-state index in [2.05, 4.69) is 17.1 Å². The van der Waals surface area contributed by atoms with E-state index >= 15 is 0 Å². The standard InChI is InChI=1S/C18H29FN2O/c1-15(9-13-22)14-20-18-7-11-21(12-8-18)10-6-16-2-4-17(19)5-3-16/h2-5,15,18,20,22H,6-14H2,1H3. The van der Waals surface area contributed by atoms with E-state index < -0.39 is 0 Å². The fraction of sp³-hybridized carbons (Fsp3) is 0.667. The first-order valence-corrected chi connectivity index (χ1v) is 8.48. The summed E-state index contributed by atoms with van der Waals surface area (Å²) >= 11 is 0. The number of piperidine rings is 1. The molecule has 2 rings (SSSR count). The number of hydrogen-bond acceptors (Lipinski definition) is 3. The molecule has 1 aromatic rings. The van der Waals surface area contributed by atoms with Gasteiger partial charge in [-0.05, 0) is 68.9 Å². The molecule has 0 aliphatic carbocycles. The van der Waals surface area contributed by atoms with Crippen molar-refractivity contribution in [1.29, 1.82) is 0 Å². The van der Waals surface area contributed by atoms with Crippen LogP contribution in [-0.4, -0.2) is 48.8 Å². The Bertz CT molecular complexity index is 416. The number of rotatable bonds is 8. The lowest BCUT2D eigenvalue weighted by molar-refractivity contribution is 0.193. The van der Waals surface area contributed by atoms with Gasteiger partial charge in [-0.25, -0.2) is 4.39 Å². The second-order valence-corrected chi connectivity index (χ2v) is 6.52. The van der Waals surface area contributed by atoms with Gasteiger partial charge in [0.15, 0.2) is 0 Å². The van der Waals surface area contributed by atoms with Gasteiger partial charge in [-0.2, -0.15) is 0 Å². The molecule has 1 saturated heterocycles. The predicted molar refractivity (Wildman–Crippen MR) is 88.4 cm³/mol. The van der Waals surface area contributed by atoms with Crippen LogP contribution in [0.15, 0.2) is 24.3 Å². The third-order valence-corrected chi connectivity index (χ3v) is 4.59. The maximum absolute atomic E-state index is 12.9. The Labute approximate surface area is 133 Å². The Morgan fingerprint density at radius 2 is 1.95 bits per heavy atom. The van der Waals surface area contributed by atoms with Crippen molar-refractivity contribution in [2.24, 2.45) is 5.92 Å². The van der Waals surface area contributed by atoms with Crippen LogP contribution in [0.3, 0.4) is 0 Å². The van der Waals surface area contributed by atoms with Crippen molar-refractivity contribution in [3.8, 4) is 0 Å². The van der Waals surface area contributed by atoms with E-state index in [0.29, 0.717) is 12.0 Å². The number of hydrogen-bond donors (Lipinski definition) is 2. The summed E-state index contributed by atoms with van der Waals surface area (Å²) < 4.78 is 12.9. The zero-order valence-electron chi connectivity index (χ0n) is 13.6. The normalized spacial score (nSPS) is 18.5. The molecular weight excluding hydrogens is 279 g/mol. The molecule has 22 heavy (non-hydrogen) atoms. The summed E-state index contributed by atoms with van der Waals surface area (Å²) in [6.07, 6.45) is 4.25. The topological polar surface area (TPSA) is 35.5 Å². The average Bonchev–Trinajstić information content (AvgIpc) is 2.54. The average molecular weight is 308 g/mol. The molecule has 0 aromatic heterocycles. The summed E-state index contributed by atoms with van der Waals surface area (Å²) in [7, 11) is 0. The molecule has 124 valence electrons. The Morgan fingerprint density at radius 3 is 2.59 bits per heavy atom. The summed E-state index contributed by atoms with van der Waals surface area (Å²) in [4.78, 5) is 2.50. The van der Waals surface area contributed by atoms with Gasteiger partial charge in [-0.1, -0.05) is 19.1 Å². The molecule has 0 radical (unpaired) electrons. The van der Waals surface area contributed by atoms with Crippen LogP contribution >= 0.6 is 0 Å². The van der Waals surface area contributed by atoms with Crippen LogP contribution < -0.4 is 5.32 Å². The smallest absolute Gasteiger partial charge is 0.123 e. The molecule has 0 saturated carbocycles. The van der Waals surface area contributed by atoms with Gasteiger partial charge in [0.05, 0.1) is 0 Å². The van der Waals surface area contributed by atoms with Crippen molar-refractivity contribution in [1.82, 2.24) is 10.2 Å². The first-order chi connectivity index (χ1) is 10.7. The van der Waals surface area contributed by atoms with Gasteiger partial charge >= 0.3 is 0 Å². The lowest BCUT2D eigenvalue weighted by Crippen LogP contribution is -2.44. The molecule has 0 bridgehead atoms. The summed E-state index contributed by atoms with van der Waals surface area (Å²) in [5.41, 5.74) is 1.21. The van der Waals surface area contributed by atoms with Gasteiger partial charge in [-0.3, -0.25) is 0 Å². The maximum atomic E-state index is 12.9. The molecule has 3 nitrogen and oxygen atoms in total. The highest BCUT2D eigenvalue weighted by Gasteiger charge is 2.18. The monoisotopic (exact) mass is 308 g/mol. The van der Waals surface area contributed by atoms with Crippen LogP contribution in [0.5, 0.6) is 0 Å². The van der Waals surface area contributed by atoms with Crippen molar-refractivity contribution >= 4 is 0 Å². The Balaban J connectivity index is 1.61. The second-order valence-electron chi connectivity index (χ2n) is 6.52. The van der Waals surface area contributed by atoms with E-state index in [1.165, 1.54) is 18.4 Å². The number of aliphatic hydroxyl groups is 1. The molecule has 1 aliphatic rings. The Kier molecular flexibility index (Phi) is 7.30. The molecule has 0 amide bonds. The zero-order valence-corrected chi connectivity index (χ0v) is 13.6. The molecule has 1 aliphatic heterocycles. The molecule has 0 spiro atoms.